The van der Waals surface area contributed by atoms with Gasteiger partial charge >= 0.3 is 0 Å². The summed E-state index contributed by atoms with van der Waals surface area (Å²) < 4.78 is 0. The first-order valence-corrected chi connectivity index (χ1v) is 8.73. The molecular weight excluding hydrogens is 302 g/mol. The number of carbonyl (C=O) groups excluding carboxylic acids is 1. The minimum absolute atomic E-state index is 0.0178. The van der Waals surface area contributed by atoms with Crippen LogP contribution >= 0.6 is 22.7 Å². The van der Waals surface area contributed by atoms with E-state index in [1.54, 1.807) is 11.3 Å². The maximum atomic E-state index is 12.4. The minimum atomic E-state index is -0.0658. The number of nitrogens with one attached hydrogen (secondary N) is 1. The number of nitrogens with zero attached hydrogens (tertiary/aromatic N) is 1. The Hall–Kier alpha value is -1.24. The molecule has 0 radical (unpaired) electrons. The van der Waals surface area contributed by atoms with Gasteiger partial charge in [0.05, 0.1) is 10.6 Å². The van der Waals surface area contributed by atoms with Crippen molar-refractivity contribution in [2.24, 2.45) is 11.7 Å². The van der Waals surface area contributed by atoms with Gasteiger partial charge in [-0.05, 0) is 30.7 Å². The second-order valence-electron chi connectivity index (χ2n) is 5.45. The van der Waals surface area contributed by atoms with Gasteiger partial charge < -0.3 is 11.1 Å². The Balaban J connectivity index is 2.12. The van der Waals surface area contributed by atoms with Crippen molar-refractivity contribution in [2.75, 3.05) is 6.54 Å². The number of amides is 1. The van der Waals surface area contributed by atoms with E-state index < -0.39 is 0 Å². The van der Waals surface area contributed by atoms with E-state index in [-0.39, 0.29) is 11.9 Å². The molecule has 1 amide bonds. The van der Waals surface area contributed by atoms with Gasteiger partial charge in [0.2, 0.25) is 0 Å². The summed E-state index contributed by atoms with van der Waals surface area (Å²) in [5.74, 6) is 0.437. The number of rotatable bonds is 6. The summed E-state index contributed by atoms with van der Waals surface area (Å²) in [5, 5.41) is 5.94. The number of carbonyl (C=O) groups is 1. The van der Waals surface area contributed by atoms with Gasteiger partial charge in [0.25, 0.3) is 5.91 Å². The fraction of sp³-hybridized carbons (Fsp3) is 0.467. The van der Waals surface area contributed by atoms with Crippen LogP contribution in [0, 0.1) is 12.8 Å². The summed E-state index contributed by atoms with van der Waals surface area (Å²) in [4.78, 5) is 18.7. The van der Waals surface area contributed by atoms with Crippen molar-refractivity contribution in [1.82, 2.24) is 10.3 Å². The van der Waals surface area contributed by atoms with E-state index in [2.05, 4.69) is 24.1 Å². The van der Waals surface area contributed by atoms with E-state index in [0.29, 0.717) is 17.3 Å². The first kappa shape index (κ1) is 16.1. The first-order valence-electron chi connectivity index (χ1n) is 7.03. The molecule has 2 rings (SSSR count). The molecule has 21 heavy (non-hydrogen) atoms. The maximum Gasteiger partial charge on any atom is 0.263 e. The largest absolute Gasteiger partial charge is 0.347 e. The van der Waals surface area contributed by atoms with Gasteiger partial charge in [-0.1, -0.05) is 19.9 Å². The predicted octanol–water partition coefficient (Wildman–Crippen LogP) is 3.28. The van der Waals surface area contributed by atoms with E-state index in [1.807, 2.05) is 24.4 Å². The highest BCUT2D eigenvalue weighted by molar-refractivity contribution is 7.22. The number of hydrogen-bond acceptors (Lipinski definition) is 5. The van der Waals surface area contributed by atoms with Gasteiger partial charge in [-0.15, -0.1) is 22.7 Å². The summed E-state index contributed by atoms with van der Waals surface area (Å²) >= 11 is 3.08. The Labute approximate surface area is 133 Å². The molecule has 2 heterocycles. The molecule has 0 aliphatic carbocycles. The Morgan fingerprint density at radius 3 is 2.81 bits per heavy atom. The van der Waals surface area contributed by atoms with Crippen molar-refractivity contribution in [3.05, 3.63) is 28.1 Å². The molecular formula is C15H21N3OS2. The molecule has 1 atom stereocenters. The van der Waals surface area contributed by atoms with E-state index in [4.69, 9.17) is 5.73 Å². The third-order valence-electron chi connectivity index (χ3n) is 3.11. The quantitative estimate of drug-likeness (QED) is 0.857. The molecule has 2 aromatic heterocycles. The molecule has 0 bridgehead atoms. The SMILES string of the molecule is Cc1nc(-c2cccs2)sc1C(=O)NC(CN)CC(C)C. The lowest BCUT2D eigenvalue weighted by atomic mass is 10.0. The number of aryl methyl sites for hydroxylation is 1. The van der Waals surface area contributed by atoms with Crippen LogP contribution in [0.1, 0.15) is 35.6 Å². The molecule has 0 fully saturated rings. The van der Waals surface area contributed by atoms with Gasteiger partial charge in [0, 0.05) is 12.6 Å². The Kier molecular flexibility index (Phi) is 5.50. The number of hydrogen-bond donors (Lipinski definition) is 2. The molecule has 3 N–H and O–H groups in total. The van der Waals surface area contributed by atoms with E-state index in [0.717, 1.165) is 22.0 Å². The van der Waals surface area contributed by atoms with Gasteiger partial charge in [0.1, 0.15) is 9.88 Å². The molecule has 0 saturated carbocycles. The zero-order chi connectivity index (χ0) is 15.4. The highest BCUT2D eigenvalue weighted by Crippen LogP contribution is 2.31. The van der Waals surface area contributed by atoms with E-state index in [1.165, 1.54) is 11.3 Å². The second kappa shape index (κ2) is 7.15. The summed E-state index contributed by atoms with van der Waals surface area (Å²) in [5.41, 5.74) is 6.52. The summed E-state index contributed by atoms with van der Waals surface area (Å²) in [6.07, 6.45) is 0.887. The number of thiazole rings is 1. The van der Waals surface area contributed by atoms with Gasteiger partial charge in [0.15, 0.2) is 0 Å². The minimum Gasteiger partial charge on any atom is -0.347 e. The summed E-state index contributed by atoms with van der Waals surface area (Å²) in [7, 11) is 0. The third-order valence-corrected chi connectivity index (χ3v) is 5.31. The standard InChI is InChI=1S/C15H21N3OS2/c1-9(2)7-11(8-16)18-14(19)13-10(3)17-15(21-13)12-5-4-6-20-12/h4-6,9,11H,7-8,16H2,1-3H3,(H,18,19). The Morgan fingerprint density at radius 2 is 2.24 bits per heavy atom. The Morgan fingerprint density at radius 1 is 1.48 bits per heavy atom. The molecule has 0 aromatic carbocycles. The van der Waals surface area contributed by atoms with Crippen molar-refractivity contribution >= 4 is 28.6 Å². The van der Waals surface area contributed by atoms with Crippen LogP contribution < -0.4 is 11.1 Å². The van der Waals surface area contributed by atoms with Gasteiger partial charge in [-0.2, -0.15) is 0 Å². The molecule has 2 aromatic rings. The molecule has 0 aliphatic heterocycles. The van der Waals surface area contributed by atoms with Crippen molar-refractivity contribution in [3.8, 4) is 9.88 Å². The topological polar surface area (TPSA) is 68.0 Å². The monoisotopic (exact) mass is 323 g/mol. The molecule has 1 unspecified atom stereocenters. The van der Waals surface area contributed by atoms with E-state index >= 15 is 0 Å². The number of nitrogens with two attached hydrogens (primary N) is 1. The van der Waals surface area contributed by atoms with Crippen LogP contribution in [0.25, 0.3) is 9.88 Å². The van der Waals surface area contributed by atoms with Crippen LogP contribution in [0.15, 0.2) is 17.5 Å². The van der Waals surface area contributed by atoms with Gasteiger partial charge in [-0.3, -0.25) is 4.79 Å². The zero-order valence-electron chi connectivity index (χ0n) is 12.6. The van der Waals surface area contributed by atoms with Crippen LogP contribution in [0.2, 0.25) is 0 Å². The van der Waals surface area contributed by atoms with Crippen molar-refractivity contribution in [3.63, 3.8) is 0 Å². The highest BCUT2D eigenvalue weighted by atomic mass is 32.1. The lowest BCUT2D eigenvalue weighted by Crippen LogP contribution is -2.41. The fourth-order valence-corrected chi connectivity index (χ4v) is 3.91. The average Bonchev–Trinajstić information content (AvgIpc) is 3.05. The summed E-state index contributed by atoms with van der Waals surface area (Å²) in [6, 6.07) is 4.03. The molecule has 4 nitrogen and oxygen atoms in total. The van der Waals surface area contributed by atoms with Crippen molar-refractivity contribution < 1.29 is 4.79 Å². The molecule has 6 heteroatoms. The average molecular weight is 323 g/mol. The maximum absolute atomic E-state index is 12.4. The molecule has 0 aliphatic rings. The van der Waals surface area contributed by atoms with Gasteiger partial charge in [-0.25, -0.2) is 4.98 Å². The number of thiophene rings is 1. The predicted molar refractivity (Wildman–Crippen MR) is 89.9 cm³/mol. The summed E-state index contributed by atoms with van der Waals surface area (Å²) in [6.45, 7) is 6.59. The van der Waals surface area contributed by atoms with Crippen molar-refractivity contribution in [2.45, 2.75) is 33.2 Å². The third kappa shape index (κ3) is 4.12. The zero-order valence-corrected chi connectivity index (χ0v) is 14.2. The fourth-order valence-electron chi connectivity index (χ4n) is 2.15. The smallest absolute Gasteiger partial charge is 0.263 e. The molecule has 114 valence electrons. The Bertz CT molecular complexity index is 590. The normalized spacial score (nSPS) is 12.6. The molecule has 0 spiro atoms. The lowest BCUT2D eigenvalue weighted by molar-refractivity contribution is 0.0937. The first-order chi connectivity index (χ1) is 10.0. The van der Waals surface area contributed by atoms with Crippen LogP contribution in [0.5, 0.6) is 0 Å². The van der Waals surface area contributed by atoms with Crippen LogP contribution in [-0.4, -0.2) is 23.5 Å². The second-order valence-corrected chi connectivity index (χ2v) is 7.39. The van der Waals surface area contributed by atoms with Crippen molar-refractivity contribution in [1.29, 1.82) is 0 Å². The highest BCUT2D eigenvalue weighted by Gasteiger charge is 2.19. The lowest BCUT2D eigenvalue weighted by Gasteiger charge is -2.18. The van der Waals surface area contributed by atoms with E-state index in [9.17, 15) is 4.79 Å². The number of aromatic nitrogens is 1. The van der Waals surface area contributed by atoms with Crippen LogP contribution in [0.3, 0.4) is 0 Å². The molecule has 0 saturated heterocycles. The van der Waals surface area contributed by atoms with Crippen LogP contribution in [-0.2, 0) is 0 Å². The van der Waals surface area contributed by atoms with Crippen LogP contribution in [0.4, 0.5) is 0 Å².